The summed E-state index contributed by atoms with van der Waals surface area (Å²) in [5.41, 5.74) is 13.5. The second-order valence-electron chi connectivity index (χ2n) is 11.5. The Balaban J connectivity index is 1.31. The van der Waals surface area contributed by atoms with Crippen LogP contribution in [0.4, 0.5) is 37.7 Å². The molecule has 1 aliphatic carbocycles. The van der Waals surface area contributed by atoms with Crippen LogP contribution in [0.3, 0.4) is 0 Å². The summed E-state index contributed by atoms with van der Waals surface area (Å²) in [7, 11) is 0. The van der Waals surface area contributed by atoms with Crippen molar-refractivity contribution >= 4 is 11.4 Å². The van der Waals surface area contributed by atoms with E-state index in [0.29, 0.717) is 0 Å². The van der Waals surface area contributed by atoms with E-state index in [9.17, 15) is 26.3 Å². The fourth-order valence-electron chi connectivity index (χ4n) is 6.58. The van der Waals surface area contributed by atoms with Crippen LogP contribution in [-0.4, -0.2) is 0 Å². The van der Waals surface area contributed by atoms with Gasteiger partial charge in [-0.05, 0) is 81.9 Å². The van der Waals surface area contributed by atoms with E-state index in [4.69, 9.17) is 20.9 Å². The molecule has 0 fully saturated rings. The molecule has 0 aromatic heterocycles. The molecule has 1 aliphatic rings. The lowest BCUT2D eigenvalue weighted by Gasteiger charge is -2.34. The number of halogens is 6. The van der Waals surface area contributed by atoms with Crippen LogP contribution in [0.15, 0.2) is 133 Å². The lowest BCUT2D eigenvalue weighted by molar-refractivity contribution is -0.137. The summed E-state index contributed by atoms with van der Waals surface area (Å²) >= 11 is 0. The van der Waals surface area contributed by atoms with Crippen molar-refractivity contribution in [3.63, 3.8) is 0 Å². The number of fused-ring (bicyclic) bond motifs is 3. The normalized spacial score (nSPS) is 13.4. The van der Waals surface area contributed by atoms with Gasteiger partial charge in [0.25, 0.3) is 0 Å². The Bertz CT molecular complexity index is 2020. The predicted octanol–water partition coefficient (Wildman–Crippen LogP) is 10.8. The number of ether oxygens (including phenoxy) is 2. The maximum atomic E-state index is 13.5. The molecule has 0 radical (unpaired) electrons. The lowest BCUT2D eigenvalue weighted by atomic mass is 9.68. The first kappa shape index (κ1) is 31.7. The van der Waals surface area contributed by atoms with E-state index in [1.54, 1.807) is 24.3 Å². The van der Waals surface area contributed by atoms with Crippen LogP contribution >= 0.6 is 0 Å². The van der Waals surface area contributed by atoms with Gasteiger partial charge in [-0.1, -0.05) is 84.9 Å². The fraction of sp³-hybridized carbons (Fsp3) is 0.0769. The predicted molar refractivity (Wildman–Crippen MR) is 176 cm³/mol. The molecule has 0 spiro atoms. The number of hydrogen-bond acceptors (Lipinski definition) is 4. The van der Waals surface area contributed by atoms with E-state index in [1.807, 2.05) is 72.8 Å². The molecule has 4 N–H and O–H groups in total. The van der Waals surface area contributed by atoms with Crippen LogP contribution in [0.2, 0.25) is 0 Å². The first-order valence-electron chi connectivity index (χ1n) is 15.1. The Hall–Kier alpha value is -5.90. The Morgan fingerprint density at radius 3 is 1.16 bits per heavy atom. The summed E-state index contributed by atoms with van der Waals surface area (Å²) < 4.78 is 92.4. The first-order chi connectivity index (χ1) is 23.4. The molecule has 4 nitrogen and oxygen atoms in total. The third-order valence-corrected chi connectivity index (χ3v) is 8.73. The van der Waals surface area contributed by atoms with Gasteiger partial charge in [0.05, 0.1) is 27.9 Å². The molecule has 0 aliphatic heterocycles. The maximum Gasteiger partial charge on any atom is 0.418 e. The molecule has 49 heavy (non-hydrogen) atoms. The average molecular weight is 669 g/mol. The highest BCUT2D eigenvalue weighted by Gasteiger charge is 2.46. The zero-order valence-corrected chi connectivity index (χ0v) is 25.4. The number of para-hydroxylation sites is 2. The maximum absolute atomic E-state index is 13.5. The van der Waals surface area contributed by atoms with Gasteiger partial charge in [-0.2, -0.15) is 26.3 Å². The van der Waals surface area contributed by atoms with Crippen LogP contribution in [0.1, 0.15) is 33.4 Å². The lowest BCUT2D eigenvalue weighted by Crippen LogP contribution is -2.28. The second-order valence-corrected chi connectivity index (χ2v) is 11.5. The minimum atomic E-state index is -4.64. The average Bonchev–Trinajstić information content (AvgIpc) is 3.37. The van der Waals surface area contributed by atoms with Crippen molar-refractivity contribution in [2.45, 2.75) is 17.8 Å². The summed E-state index contributed by atoms with van der Waals surface area (Å²) in [5, 5.41) is 0. The van der Waals surface area contributed by atoms with Crippen molar-refractivity contribution in [1.82, 2.24) is 0 Å². The van der Waals surface area contributed by atoms with E-state index in [2.05, 4.69) is 0 Å². The van der Waals surface area contributed by atoms with Gasteiger partial charge in [-0.25, -0.2) is 0 Å². The Labute approximate surface area is 277 Å². The van der Waals surface area contributed by atoms with Crippen molar-refractivity contribution < 1.29 is 35.8 Å². The van der Waals surface area contributed by atoms with E-state index in [1.165, 1.54) is 24.3 Å². The smallest absolute Gasteiger partial charge is 0.418 e. The van der Waals surface area contributed by atoms with E-state index in [-0.39, 0.29) is 23.0 Å². The molecule has 6 aromatic carbocycles. The highest BCUT2D eigenvalue weighted by Crippen LogP contribution is 2.56. The number of nitrogen functional groups attached to an aromatic ring is 2. The summed E-state index contributed by atoms with van der Waals surface area (Å²) in [6.45, 7) is 0. The highest BCUT2D eigenvalue weighted by molar-refractivity contribution is 5.86. The summed E-state index contributed by atoms with van der Waals surface area (Å²) in [6, 6.07) is 37.1. The standard InChI is InChI=1S/C39H26F6N2O2/c40-38(41,42)31-11-5-13-33(35(31)46)48-25-19-15-23(16-20-25)37(29-9-3-1-7-27(29)28-8-2-4-10-30(28)37)24-17-21-26(22-18-24)49-34-14-6-12-32(36(34)47)39(43,44)45/h1-22H,46-47H2. The zero-order chi connectivity index (χ0) is 34.6. The van der Waals surface area contributed by atoms with Crippen molar-refractivity contribution in [1.29, 1.82) is 0 Å². The molecular formula is C39H26F6N2O2. The summed E-state index contributed by atoms with van der Waals surface area (Å²) in [4.78, 5) is 0. The first-order valence-corrected chi connectivity index (χ1v) is 15.1. The van der Waals surface area contributed by atoms with E-state index in [0.717, 1.165) is 45.5 Å². The second kappa shape index (κ2) is 11.7. The minimum absolute atomic E-state index is 0.120. The van der Waals surface area contributed by atoms with Gasteiger partial charge in [-0.15, -0.1) is 0 Å². The quantitative estimate of drug-likeness (QED) is 0.137. The largest absolute Gasteiger partial charge is 0.455 e. The van der Waals surface area contributed by atoms with Gasteiger partial charge in [-0.3, -0.25) is 0 Å². The number of benzene rings is 6. The molecule has 0 saturated heterocycles. The molecule has 10 heteroatoms. The molecule has 246 valence electrons. The van der Waals surface area contributed by atoms with Crippen LogP contribution < -0.4 is 20.9 Å². The van der Waals surface area contributed by atoms with Crippen LogP contribution in [0, 0.1) is 0 Å². The topological polar surface area (TPSA) is 70.5 Å². The molecule has 0 saturated carbocycles. The highest BCUT2D eigenvalue weighted by atomic mass is 19.4. The van der Waals surface area contributed by atoms with E-state index >= 15 is 0 Å². The molecule has 0 unspecified atom stereocenters. The van der Waals surface area contributed by atoms with Crippen molar-refractivity contribution in [2.75, 3.05) is 11.5 Å². The van der Waals surface area contributed by atoms with Crippen molar-refractivity contribution in [3.8, 4) is 34.1 Å². The molecular weight excluding hydrogens is 642 g/mol. The molecule has 0 atom stereocenters. The van der Waals surface area contributed by atoms with Crippen molar-refractivity contribution in [2.24, 2.45) is 0 Å². The SMILES string of the molecule is Nc1c(Oc2ccc(C3(c4ccc(Oc5cccc(C(F)(F)F)c5N)cc4)c4ccccc4-c4ccccc43)cc2)cccc1C(F)(F)F. The van der Waals surface area contributed by atoms with Crippen LogP contribution in [-0.2, 0) is 17.8 Å². The fourth-order valence-corrected chi connectivity index (χ4v) is 6.58. The van der Waals surface area contributed by atoms with Gasteiger partial charge in [0.2, 0.25) is 0 Å². The van der Waals surface area contributed by atoms with Crippen LogP contribution in [0.5, 0.6) is 23.0 Å². The Kier molecular flexibility index (Phi) is 7.54. The molecule has 6 aromatic rings. The number of rotatable bonds is 6. The molecule has 7 rings (SSSR count). The van der Waals surface area contributed by atoms with Crippen molar-refractivity contribution in [3.05, 3.63) is 167 Å². The molecule has 0 heterocycles. The number of anilines is 2. The number of hydrogen-bond donors (Lipinski definition) is 2. The monoisotopic (exact) mass is 668 g/mol. The third kappa shape index (κ3) is 5.39. The number of alkyl halides is 6. The molecule has 0 amide bonds. The zero-order valence-electron chi connectivity index (χ0n) is 25.4. The summed E-state index contributed by atoms with van der Waals surface area (Å²) in [5.74, 6) is 0.329. The molecule has 0 bridgehead atoms. The Morgan fingerprint density at radius 2 is 0.796 bits per heavy atom. The van der Waals surface area contributed by atoms with Gasteiger partial charge >= 0.3 is 12.4 Å². The summed E-state index contributed by atoms with van der Waals surface area (Å²) in [6.07, 6.45) is -9.27. The number of nitrogens with two attached hydrogens (primary N) is 2. The third-order valence-electron chi connectivity index (χ3n) is 8.73. The van der Waals surface area contributed by atoms with Crippen LogP contribution in [0.25, 0.3) is 11.1 Å². The van der Waals surface area contributed by atoms with Gasteiger partial charge in [0, 0.05) is 0 Å². The van der Waals surface area contributed by atoms with Gasteiger partial charge in [0.15, 0.2) is 11.5 Å². The Morgan fingerprint density at radius 1 is 0.429 bits per heavy atom. The van der Waals surface area contributed by atoms with E-state index < -0.39 is 40.3 Å². The van der Waals surface area contributed by atoms with Gasteiger partial charge < -0.3 is 20.9 Å². The van der Waals surface area contributed by atoms with Gasteiger partial charge in [0.1, 0.15) is 11.5 Å². The minimum Gasteiger partial charge on any atom is -0.455 e.